The number of halogens is 2. The van der Waals surface area contributed by atoms with Gasteiger partial charge >= 0.3 is 0 Å². The minimum atomic E-state index is -0.522. The number of imidazole rings is 1. The largest absolute Gasteiger partial charge is 0.454 e. The van der Waals surface area contributed by atoms with Gasteiger partial charge in [-0.25, -0.2) is 9.37 Å². The van der Waals surface area contributed by atoms with Crippen molar-refractivity contribution in [2.75, 3.05) is 12.5 Å². The smallest absolute Gasteiger partial charge is 0.231 e. The quantitative estimate of drug-likeness (QED) is 0.750. The summed E-state index contributed by atoms with van der Waals surface area (Å²) in [6.45, 7) is 0.184. The number of nitrogen functional groups attached to an aromatic ring is 1. The molecule has 0 bridgehead atoms. The maximum atomic E-state index is 13.7. The van der Waals surface area contributed by atoms with Crippen LogP contribution in [0.15, 0.2) is 30.3 Å². The van der Waals surface area contributed by atoms with E-state index in [1.165, 1.54) is 12.1 Å². The molecule has 2 N–H and O–H groups in total. The summed E-state index contributed by atoms with van der Waals surface area (Å²) < 4.78 is 26.0. The first-order valence-corrected chi connectivity index (χ1v) is 6.54. The van der Waals surface area contributed by atoms with Crippen molar-refractivity contribution in [1.29, 1.82) is 0 Å². The first kappa shape index (κ1) is 12.3. The summed E-state index contributed by atoms with van der Waals surface area (Å²) in [7, 11) is 0. The monoisotopic (exact) mass is 305 g/mol. The van der Waals surface area contributed by atoms with E-state index in [0.29, 0.717) is 28.2 Å². The number of hydrogen-bond acceptors (Lipinski definition) is 4. The van der Waals surface area contributed by atoms with E-state index in [-0.39, 0.29) is 17.8 Å². The lowest BCUT2D eigenvalue weighted by atomic mass is 10.2. The summed E-state index contributed by atoms with van der Waals surface area (Å²) in [4.78, 5) is 4.20. The molecule has 0 saturated carbocycles. The number of ether oxygens (including phenoxy) is 2. The fourth-order valence-corrected chi connectivity index (χ4v) is 2.54. The minimum Gasteiger partial charge on any atom is -0.454 e. The van der Waals surface area contributed by atoms with Crippen molar-refractivity contribution in [1.82, 2.24) is 9.55 Å². The van der Waals surface area contributed by atoms with Crippen molar-refractivity contribution >= 4 is 28.6 Å². The Balaban J connectivity index is 1.97. The molecule has 0 radical (unpaired) electrons. The normalized spacial score (nSPS) is 13.0. The Kier molecular flexibility index (Phi) is 2.49. The van der Waals surface area contributed by atoms with E-state index >= 15 is 0 Å². The molecule has 3 aromatic rings. The van der Waals surface area contributed by atoms with E-state index in [4.69, 9.17) is 26.8 Å². The molecule has 1 aliphatic rings. The molecule has 0 saturated heterocycles. The molecule has 4 rings (SSSR count). The maximum absolute atomic E-state index is 13.7. The van der Waals surface area contributed by atoms with Gasteiger partial charge in [0.15, 0.2) is 11.5 Å². The van der Waals surface area contributed by atoms with E-state index in [1.54, 1.807) is 22.8 Å². The molecule has 1 aliphatic heterocycles. The standard InChI is InChI=1S/C14H9ClFN3O2/c15-8-4-10-11(5-9(8)16)19(14(17)18-10)7-1-2-12-13(3-7)21-6-20-12/h1-5H,6H2,(H2,17,18). The van der Waals surface area contributed by atoms with Gasteiger partial charge in [-0.05, 0) is 18.2 Å². The minimum absolute atomic E-state index is 0.0119. The summed E-state index contributed by atoms with van der Waals surface area (Å²) in [6, 6.07) is 8.11. The Labute approximate surface area is 123 Å². The molecular formula is C14H9ClFN3O2. The van der Waals surface area contributed by atoms with Gasteiger partial charge in [-0.2, -0.15) is 0 Å². The molecule has 5 nitrogen and oxygen atoms in total. The Hall–Kier alpha value is -2.47. The lowest BCUT2D eigenvalue weighted by molar-refractivity contribution is 0.174. The average molecular weight is 306 g/mol. The predicted molar refractivity (Wildman–Crippen MR) is 76.6 cm³/mol. The van der Waals surface area contributed by atoms with Crippen LogP contribution >= 0.6 is 11.6 Å². The average Bonchev–Trinajstić information content (AvgIpc) is 3.02. The summed E-state index contributed by atoms with van der Waals surface area (Å²) >= 11 is 5.77. The number of benzene rings is 2. The van der Waals surface area contributed by atoms with E-state index in [2.05, 4.69) is 4.98 Å². The second kappa shape index (κ2) is 4.26. The van der Waals surface area contributed by atoms with Crippen LogP contribution in [-0.4, -0.2) is 16.3 Å². The van der Waals surface area contributed by atoms with Crippen LogP contribution in [0.2, 0.25) is 5.02 Å². The van der Waals surface area contributed by atoms with Gasteiger partial charge < -0.3 is 15.2 Å². The van der Waals surface area contributed by atoms with E-state index < -0.39 is 5.82 Å². The van der Waals surface area contributed by atoms with Crippen LogP contribution in [0.3, 0.4) is 0 Å². The molecule has 0 atom stereocenters. The van der Waals surface area contributed by atoms with E-state index in [1.807, 2.05) is 0 Å². The van der Waals surface area contributed by atoms with Crippen LogP contribution in [-0.2, 0) is 0 Å². The zero-order chi connectivity index (χ0) is 14.6. The molecule has 1 aromatic heterocycles. The van der Waals surface area contributed by atoms with Gasteiger partial charge in [0, 0.05) is 12.1 Å². The van der Waals surface area contributed by atoms with Crippen LogP contribution in [0.25, 0.3) is 16.7 Å². The van der Waals surface area contributed by atoms with Gasteiger partial charge in [0.2, 0.25) is 12.7 Å². The van der Waals surface area contributed by atoms with Crippen molar-refractivity contribution in [3.05, 3.63) is 41.2 Å². The van der Waals surface area contributed by atoms with Crippen LogP contribution in [0.4, 0.5) is 10.3 Å². The molecule has 2 heterocycles. The predicted octanol–water partition coefficient (Wildman–Crippen LogP) is 3.13. The number of nitrogens with zero attached hydrogens (tertiary/aromatic N) is 2. The molecule has 7 heteroatoms. The second-order valence-electron chi connectivity index (χ2n) is 4.60. The highest BCUT2D eigenvalue weighted by molar-refractivity contribution is 6.31. The molecule has 2 aromatic carbocycles. The van der Waals surface area contributed by atoms with Gasteiger partial charge in [0.1, 0.15) is 5.82 Å². The summed E-state index contributed by atoms with van der Waals surface area (Å²) in [6.07, 6.45) is 0. The van der Waals surface area contributed by atoms with Crippen LogP contribution in [0.5, 0.6) is 11.5 Å². The fourth-order valence-electron chi connectivity index (χ4n) is 2.39. The Morgan fingerprint density at radius 1 is 1.19 bits per heavy atom. The van der Waals surface area contributed by atoms with Crippen molar-refractivity contribution in [2.45, 2.75) is 0 Å². The van der Waals surface area contributed by atoms with E-state index in [9.17, 15) is 4.39 Å². The SMILES string of the molecule is Nc1nc2cc(Cl)c(F)cc2n1-c1ccc2c(c1)OCO2. The van der Waals surface area contributed by atoms with Crippen molar-refractivity contribution < 1.29 is 13.9 Å². The zero-order valence-electron chi connectivity index (χ0n) is 10.6. The Morgan fingerprint density at radius 2 is 2.00 bits per heavy atom. The Morgan fingerprint density at radius 3 is 2.86 bits per heavy atom. The molecule has 0 amide bonds. The third kappa shape index (κ3) is 1.80. The topological polar surface area (TPSA) is 62.3 Å². The van der Waals surface area contributed by atoms with Crippen molar-refractivity contribution in [3.8, 4) is 17.2 Å². The van der Waals surface area contributed by atoms with Crippen LogP contribution in [0.1, 0.15) is 0 Å². The number of anilines is 1. The van der Waals surface area contributed by atoms with Gasteiger partial charge in [-0.1, -0.05) is 11.6 Å². The van der Waals surface area contributed by atoms with Crippen molar-refractivity contribution in [2.24, 2.45) is 0 Å². The third-order valence-electron chi connectivity index (χ3n) is 3.34. The van der Waals surface area contributed by atoms with Crippen molar-refractivity contribution in [3.63, 3.8) is 0 Å². The Bertz CT molecular complexity index is 878. The molecule has 0 spiro atoms. The number of hydrogen-bond donors (Lipinski definition) is 1. The summed E-state index contributed by atoms with van der Waals surface area (Å²) in [5, 5.41) is 0.0119. The van der Waals surface area contributed by atoms with Gasteiger partial charge in [-0.3, -0.25) is 4.57 Å². The van der Waals surface area contributed by atoms with Crippen LogP contribution < -0.4 is 15.2 Å². The van der Waals surface area contributed by atoms with Gasteiger partial charge in [-0.15, -0.1) is 0 Å². The lowest BCUT2D eigenvalue weighted by Crippen LogP contribution is -2.00. The zero-order valence-corrected chi connectivity index (χ0v) is 11.4. The lowest BCUT2D eigenvalue weighted by Gasteiger charge is -2.07. The highest BCUT2D eigenvalue weighted by Crippen LogP contribution is 2.35. The third-order valence-corrected chi connectivity index (χ3v) is 3.63. The maximum Gasteiger partial charge on any atom is 0.231 e. The van der Waals surface area contributed by atoms with E-state index in [0.717, 1.165) is 0 Å². The second-order valence-corrected chi connectivity index (χ2v) is 5.01. The highest BCUT2D eigenvalue weighted by atomic mass is 35.5. The number of aromatic nitrogens is 2. The number of rotatable bonds is 1. The molecule has 0 unspecified atom stereocenters. The van der Waals surface area contributed by atoms with Gasteiger partial charge in [0.05, 0.1) is 21.7 Å². The first-order chi connectivity index (χ1) is 10.1. The molecule has 0 fully saturated rings. The number of nitrogens with two attached hydrogens (primary N) is 1. The molecule has 21 heavy (non-hydrogen) atoms. The molecule has 106 valence electrons. The van der Waals surface area contributed by atoms with Gasteiger partial charge in [0.25, 0.3) is 0 Å². The fraction of sp³-hybridized carbons (Fsp3) is 0.0714. The molecule has 0 aliphatic carbocycles. The summed E-state index contributed by atoms with van der Waals surface area (Å²) in [5.74, 6) is 0.996. The highest BCUT2D eigenvalue weighted by Gasteiger charge is 2.17. The molecular weight excluding hydrogens is 297 g/mol. The summed E-state index contributed by atoms with van der Waals surface area (Å²) in [5.41, 5.74) is 7.71. The number of fused-ring (bicyclic) bond motifs is 2. The first-order valence-electron chi connectivity index (χ1n) is 6.16. The van der Waals surface area contributed by atoms with Crippen LogP contribution in [0, 0.1) is 5.82 Å².